The largest absolute Gasteiger partial charge is 0.425 e. The van der Waals surface area contributed by atoms with Crippen LogP contribution >= 0.6 is 0 Å². The Kier molecular flexibility index (Phi) is 5.63. The van der Waals surface area contributed by atoms with E-state index in [4.69, 9.17) is 4.74 Å². The predicted octanol–water partition coefficient (Wildman–Crippen LogP) is -0.638. The summed E-state index contributed by atoms with van der Waals surface area (Å²) in [6.07, 6.45) is 0.356. The molecule has 20 heavy (non-hydrogen) atoms. The third-order valence-electron chi connectivity index (χ3n) is 2.06. The van der Waals surface area contributed by atoms with Gasteiger partial charge in [0.2, 0.25) is 12.3 Å². The highest BCUT2D eigenvalue weighted by Crippen LogP contribution is 2.17. The molecule has 9 nitrogen and oxygen atoms in total. The van der Waals surface area contributed by atoms with Gasteiger partial charge in [-0.1, -0.05) is 0 Å². The molecular formula is C11H11N3O6. The number of hydrogen-bond donors (Lipinski definition) is 2. The van der Waals surface area contributed by atoms with Gasteiger partial charge in [-0.15, -0.1) is 0 Å². The van der Waals surface area contributed by atoms with Crippen LogP contribution in [-0.4, -0.2) is 36.3 Å². The Bertz CT molecular complexity index is 513. The maximum absolute atomic E-state index is 11.3. The Balaban J connectivity index is 2.40. The van der Waals surface area contributed by atoms with E-state index in [1.807, 2.05) is 0 Å². The molecule has 0 fully saturated rings. The summed E-state index contributed by atoms with van der Waals surface area (Å²) < 4.78 is 4.84. The molecule has 1 rings (SSSR count). The van der Waals surface area contributed by atoms with Crippen LogP contribution in [0.1, 0.15) is 0 Å². The average molecular weight is 281 g/mol. The molecule has 0 radical (unpaired) electrons. The van der Waals surface area contributed by atoms with Crippen molar-refractivity contribution in [3.05, 3.63) is 34.4 Å². The highest BCUT2D eigenvalue weighted by Gasteiger charge is 2.09. The third-order valence-corrected chi connectivity index (χ3v) is 2.06. The maximum atomic E-state index is 11.3. The second-order valence-corrected chi connectivity index (χ2v) is 3.50. The van der Waals surface area contributed by atoms with Gasteiger partial charge in [0.1, 0.15) is 12.3 Å². The first kappa shape index (κ1) is 15.1. The van der Waals surface area contributed by atoms with E-state index in [0.29, 0.717) is 6.41 Å². The van der Waals surface area contributed by atoms with E-state index in [0.717, 1.165) is 0 Å². The van der Waals surface area contributed by atoms with Crippen LogP contribution in [0.5, 0.6) is 5.75 Å². The molecular weight excluding hydrogens is 270 g/mol. The SMILES string of the molecule is O=CNCC(=O)NCC(=O)Oc1ccc([N+](=O)[O-])cc1. The van der Waals surface area contributed by atoms with Gasteiger partial charge >= 0.3 is 5.97 Å². The van der Waals surface area contributed by atoms with Gasteiger partial charge in [-0.05, 0) is 12.1 Å². The molecule has 0 aliphatic carbocycles. The van der Waals surface area contributed by atoms with Crippen LogP contribution in [0, 0.1) is 10.1 Å². The number of esters is 1. The summed E-state index contributed by atoms with van der Waals surface area (Å²) in [5, 5.41) is 14.8. The Hall–Kier alpha value is -2.97. The standard InChI is InChI=1S/C11H11N3O6/c15-7-12-5-10(16)13-6-11(17)20-9-3-1-8(2-4-9)14(18)19/h1-4,7H,5-6H2,(H,12,15)(H,13,16). The second kappa shape index (κ2) is 7.46. The highest BCUT2D eigenvalue weighted by atomic mass is 16.6. The number of carbonyl (C=O) groups is 3. The summed E-state index contributed by atoms with van der Waals surface area (Å²) in [5.74, 6) is -1.16. The summed E-state index contributed by atoms with van der Waals surface area (Å²) in [6.45, 7) is -0.620. The molecule has 2 amide bonds. The van der Waals surface area contributed by atoms with Crippen molar-refractivity contribution < 1.29 is 24.0 Å². The zero-order valence-corrected chi connectivity index (χ0v) is 10.2. The fourth-order valence-electron chi connectivity index (χ4n) is 1.17. The van der Waals surface area contributed by atoms with Crippen LogP contribution in [0.25, 0.3) is 0 Å². The topological polar surface area (TPSA) is 128 Å². The number of nitro groups is 1. The summed E-state index contributed by atoms with van der Waals surface area (Å²) in [4.78, 5) is 42.2. The van der Waals surface area contributed by atoms with E-state index in [-0.39, 0.29) is 24.5 Å². The lowest BCUT2D eigenvalue weighted by Gasteiger charge is -2.05. The van der Waals surface area contributed by atoms with E-state index in [1.165, 1.54) is 24.3 Å². The molecule has 0 atom stereocenters. The van der Waals surface area contributed by atoms with Crippen LogP contribution in [0.2, 0.25) is 0 Å². The van der Waals surface area contributed by atoms with Crippen LogP contribution in [0.4, 0.5) is 5.69 Å². The van der Waals surface area contributed by atoms with Gasteiger partial charge in [0, 0.05) is 12.1 Å². The van der Waals surface area contributed by atoms with Crippen LogP contribution in [-0.2, 0) is 14.4 Å². The molecule has 0 aromatic heterocycles. The van der Waals surface area contributed by atoms with Crippen molar-refractivity contribution in [2.75, 3.05) is 13.1 Å². The highest BCUT2D eigenvalue weighted by molar-refractivity contribution is 5.84. The molecule has 0 saturated heterocycles. The summed E-state index contributed by atoms with van der Waals surface area (Å²) in [6, 6.07) is 4.92. The average Bonchev–Trinajstić information content (AvgIpc) is 2.43. The molecule has 1 aromatic rings. The van der Waals surface area contributed by atoms with Crippen molar-refractivity contribution in [2.45, 2.75) is 0 Å². The summed E-state index contributed by atoms with van der Waals surface area (Å²) in [7, 11) is 0. The Labute approximate surface area is 113 Å². The van der Waals surface area contributed by atoms with E-state index in [1.54, 1.807) is 0 Å². The van der Waals surface area contributed by atoms with Gasteiger partial charge in [0.15, 0.2) is 0 Å². The number of rotatable bonds is 7. The molecule has 1 aromatic carbocycles. The fourth-order valence-corrected chi connectivity index (χ4v) is 1.17. The maximum Gasteiger partial charge on any atom is 0.330 e. The first-order valence-corrected chi connectivity index (χ1v) is 5.42. The number of nitrogens with one attached hydrogen (secondary N) is 2. The zero-order valence-electron chi connectivity index (χ0n) is 10.2. The van der Waals surface area contributed by atoms with Crippen molar-refractivity contribution in [3.8, 4) is 5.75 Å². The molecule has 9 heteroatoms. The molecule has 0 heterocycles. The Morgan fingerprint density at radius 1 is 1.25 bits per heavy atom. The quantitative estimate of drug-likeness (QED) is 0.225. The van der Waals surface area contributed by atoms with E-state index < -0.39 is 16.8 Å². The first-order chi connectivity index (χ1) is 9.52. The number of benzene rings is 1. The molecule has 2 N–H and O–H groups in total. The third kappa shape index (κ3) is 5.12. The number of nitrogens with zero attached hydrogens (tertiary/aromatic N) is 1. The van der Waals surface area contributed by atoms with Crippen molar-refractivity contribution in [1.29, 1.82) is 0 Å². The minimum absolute atomic E-state index is 0.126. The number of ether oxygens (including phenoxy) is 1. The van der Waals surface area contributed by atoms with Gasteiger partial charge in [-0.2, -0.15) is 0 Å². The van der Waals surface area contributed by atoms with Crippen molar-refractivity contribution in [1.82, 2.24) is 10.6 Å². The molecule has 0 spiro atoms. The number of non-ortho nitro benzene ring substituents is 1. The fraction of sp³-hybridized carbons (Fsp3) is 0.182. The molecule has 0 bridgehead atoms. The second-order valence-electron chi connectivity index (χ2n) is 3.50. The molecule has 0 saturated carbocycles. The van der Waals surface area contributed by atoms with Crippen LogP contribution in [0.3, 0.4) is 0 Å². The van der Waals surface area contributed by atoms with E-state index >= 15 is 0 Å². The molecule has 106 valence electrons. The zero-order chi connectivity index (χ0) is 15.0. The number of amides is 2. The molecule has 0 aliphatic rings. The summed E-state index contributed by atoms with van der Waals surface area (Å²) >= 11 is 0. The number of carbonyl (C=O) groups excluding carboxylic acids is 3. The van der Waals surface area contributed by atoms with Gasteiger partial charge < -0.3 is 15.4 Å². The van der Waals surface area contributed by atoms with E-state index in [9.17, 15) is 24.5 Å². The van der Waals surface area contributed by atoms with Gasteiger partial charge in [-0.25, -0.2) is 4.79 Å². The summed E-state index contributed by atoms with van der Waals surface area (Å²) in [5.41, 5.74) is -0.127. The van der Waals surface area contributed by atoms with Crippen molar-refractivity contribution in [2.24, 2.45) is 0 Å². The lowest BCUT2D eigenvalue weighted by Crippen LogP contribution is -2.37. The lowest BCUT2D eigenvalue weighted by atomic mass is 10.3. The van der Waals surface area contributed by atoms with Gasteiger partial charge in [0.05, 0.1) is 11.5 Å². The van der Waals surface area contributed by atoms with Crippen LogP contribution < -0.4 is 15.4 Å². The minimum atomic E-state index is -0.738. The van der Waals surface area contributed by atoms with E-state index in [2.05, 4.69) is 10.6 Å². The van der Waals surface area contributed by atoms with Crippen molar-refractivity contribution in [3.63, 3.8) is 0 Å². The molecule has 0 unspecified atom stereocenters. The lowest BCUT2D eigenvalue weighted by molar-refractivity contribution is -0.384. The first-order valence-electron chi connectivity index (χ1n) is 5.42. The van der Waals surface area contributed by atoms with Gasteiger partial charge in [0.25, 0.3) is 5.69 Å². The predicted molar refractivity (Wildman–Crippen MR) is 65.8 cm³/mol. The number of hydrogen-bond acceptors (Lipinski definition) is 6. The smallest absolute Gasteiger partial charge is 0.330 e. The van der Waals surface area contributed by atoms with Crippen molar-refractivity contribution >= 4 is 24.0 Å². The normalized spacial score (nSPS) is 9.40. The Morgan fingerprint density at radius 3 is 2.45 bits per heavy atom. The Morgan fingerprint density at radius 2 is 1.90 bits per heavy atom. The monoisotopic (exact) mass is 281 g/mol. The minimum Gasteiger partial charge on any atom is -0.425 e. The number of nitro benzene ring substituents is 1. The van der Waals surface area contributed by atoms with Gasteiger partial charge in [-0.3, -0.25) is 19.7 Å². The molecule has 0 aliphatic heterocycles. The van der Waals surface area contributed by atoms with Crippen LogP contribution in [0.15, 0.2) is 24.3 Å².